The molecule has 84 valence electrons. The van der Waals surface area contributed by atoms with Gasteiger partial charge in [0.05, 0.1) is 4.92 Å². The van der Waals surface area contributed by atoms with Gasteiger partial charge in [-0.25, -0.2) is 0 Å². The Bertz CT molecular complexity index is 416. The molecule has 0 amide bonds. The molecule has 0 bridgehead atoms. The maximum absolute atomic E-state index is 10.5. The number of likely N-dealkylation sites (tertiary alicyclic amines) is 1. The summed E-state index contributed by atoms with van der Waals surface area (Å²) in [6.07, 6.45) is 2.69. The fraction of sp³-hybridized carbons (Fsp3) is 0.500. The van der Waals surface area contributed by atoms with E-state index in [0.29, 0.717) is 0 Å². The number of benzene rings is 1. The van der Waals surface area contributed by atoms with Crippen LogP contribution in [-0.2, 0) is 6.54 Å². The average molecular weight is 218 g/mol. The van der Waals surface area contributed by atoms with Crippen LogP contribution in [-0.4, -0.2) is 22.4 Å². The van der Waals surface area contributed by atoms with E-state index in [2.05, 4.69) is 4.90 Å². The molecule has 0 spiro atoms. The van der Waals surface area contributed by atoms with Crippen LogP contribution in [0, 0.1) is 16.0 Å². The first-order valence-corrected chi connectivity index (χ1v) is 5.71. The normalized spacial score (nSPS) is 27.8. The Balaban J connectivity index is 1.68. The van der Waals surface area contributed by atoms with E-state index >= 15 is 0 Å². The summed E-state index contributed by atoms with van der Waals surface area (Å²) in [6.45, 7) is 2.13. The number of fused-ring (bicyclic) bond motifs is 1. The van der Waals surface area contributed by atoms with E-state index in [1.54, 1.807) is 12.1 Å². The molecule has 0 radical (unpaired) electrons. The second-order valence-corrected chi connectivity index (χ2v) is 4.75. The topological polar surface area (TPSA) is 46.4 Å². The molecule has 2 atom stereocenters. The second kappa shape index (κ2) is 3.56. The maximum Gasteiger partial charge on any atom is 0.269 e. The number of non-ortho nitro benzene ring substituents is 1. The van der Waals surface area contributed by atoms with Gasteiger partial charge in [0.2, 0.25) is 0 Å². The van der Waals surface area contributed by atoms with Crippen molar-refractivity contribution in [1.29, 1.82) is 0 Å². The molecule has 4 heteroatoms. The fourth-order valence-electron chi connectivity index (χ4n) is 2.64. The van der Waals surface area contributed by atoms with Crippen LogP contribution in [0.4, 0.5) is 5.69 Å². The minimum atomic E-state index is -0.351. The molecule has 2 unspecified atom stereocenters. The number of nitrogens with zero attached hydrogens (tertiary/aromatic N) is 2. The monoisotopic (exact) mass is 218 g/mol. The lowest BCUT2D eigenvalue weighted by Crippen LogP contribution is -2.22. The van der Waals surface area contributed by atoms with Crippen LogP contribution >= 0.6 is 0 Å². The predicted molar refractivity (Wildman–Crippen MR) is 60.0 cm³/mol. The first kappa shape index (κ1) is 9.78. The highest BCUT2D eigenvalue weighted by molar-refractivity contribution is 5.33. The van der Waals surface area contributed by atoms with Crippen LogP contribution in [0.2, 0.25) is 0 Å². The SMILES string of the molecule is O=[N+]([O-])c1ccc(CN2CCC3CC32)cc1. The van der Waals surface area contributed by atoms with Crippen molar-refractivity contribution in [3.63, 3.8) is 0 Å². The van der Waals surface area contributed by atoms with Crippen LogP contribution in [0.1, 0.15) is 18.4 Å². The highest BCUT2D eigenvalue weighted by Gasteiger charge is 2.46. The quantitative estimate of drug-likeness (QED) is 0.577. The summed E-state index contributed by atoms with van der Waals surface area (Å²) >= 11 is 0. The van der Waals surface area contributed by atoms with Crippen LogP contribution in [0.3, 0.4) is 0 Å². The molecule has 0 aromatic heterocycles. The number of nitro groups is 1. The summed E-state index contributed by atoms with van der Waals surface area (Å²) < 4.78 is 0. The largest absolute Gasteiger partial charge is 0.296 e. The lowest BCUT2D eigenvalue weighted by atomic mass is 10.2. The Kier molecular flexibility index (Phi) is 2.17. The van der Waals surface area contributed by atoms with Gasteiger partial charge in [0, 0.05) is 24.7 Å². The number of nitro benzene ring substituents is 1. The van der Waals surface area contributed by atoms with Crippen molar-refractivity contribution in [3.8, 4) is 0 Å². The summed E-state index contributed by atoms with van der Waals surface area (Å²) in [4.78, 5) is 12.7. The van der Waals surface area contributed by atoms with Gasteiger partial charge in [-0.2, -0.15) is 0 Å². The van der Waals surface area contributed by atoms with Gasteiger partial charge in [-0.05, 0) is 30.9 Å². The smallest absolute Gasteiger partial charge is 0.269 e. The Labute approximate surface area is 94.0 Å². The molecule has 3 rings (SSSR count). The zero-order chi connectivity index (χ0) is 11.1. The molecule has 1 saturated carbocycles. The van der Waals surface area contributed by atoms with Crippen LogP contribution in [0.5, 0.6) is 0 Å². The molecule has 16 heavy (non-hydrogen) atoms. The van der Waals surface area contributed by atoms with Gasteiger partial charge in [-0.3, -0.25) is 15.0 Å². The van der Waals surface area contributed by atoms with Gasteiger partial charge in [0.1, 0.15) is 0 Å². The van der Waals surface area contributed by atoms with Crippen LogP contribution in [0.15, 0.2) is 24.3 Å². The Hall–Kier alpha value is -1.42. The van der Waals surface area contributed by atoms with Gasteiger partial charge in [0.15, 0.2) is 0 Å². The Morgan fingerprint density at radius 1 is 1.38 bits per heavy atom. The van der Waals surface area contributed by atoms with Crippen LogP contribution < -0.4 is 0 Å². The molecule has 1 aliphatic carbocycles. The van der Waals surface area contributed by atoms with Crippen molar-refractivity contribution < 1.29 is 4.92 Å². The first-order valence-electron chi connectivity index (χ1n) is 5.71. The van der Waals surface area contributed by atoms with Crippen molar-refractivity contribution in [2.24, 2.45) is 5.92 Å². The second-order valence-electron chi connectivity index (χ2n) is 4.75. The molecule has 1 aromatic rings. The molecule has 1 heterocycles. The van der Waals surface area contributed by atoms with E-state index in [1.165, 1.54) is 24.9 Å². The summed E-state index contributed by atoms with van der Waals surface area (Å²) in [6, 6.07) is 7.72. The lowest BCUT2D eigenvalue weighted by Gasteiger charge is -2.17. The minimum absolute atomic E-state index is 0.175. The predicted octanol–water partition coefficient (Wildman–Crippen LogP) is 2.19. The molecule has 1 saturated heterocycles. The first-order chi connectivity index (χ1) is 7.74. The number of piperidine rings is 1. The Morgan fingerprint density at radius 3 is 2.62 bits per heavy atom. The molecule has 4 nitrogen and oxygen atoms in total. The summed E-state index contributed by atoms with van der Waals surface area (Å²) in [5.41, 5.74) is 1.35. The number of hydrogen-bond acceptors (Lipinski definition) is 3. The van der Waals surface area contributed by atoms with Gasteiger partial charge < -0.3 is 0 Å². The van der Waals surface area contributed by atoms with Gasteiger partial charge in [0.25, 0.3) is 5.69 Å². The van der Waals surface area contributed by atoms with Crippen molar-refractivity contribution in [1.82, 2.24) is 4.90 Å². The molecule has 2 fully saturated rings. The Morgan fingerprint density at radius 2 is 2.12 bits per heavy atom. The zero-order valence-electron chi connectivity index (χ0n) is 9.00. The molecular weight excluding hydrogens is 204 g/mol. The molecule has 1 aromatic carbocycles. The van der Waals surface area contributed by atoms with E-state index in [-0.39, 0.29) is 10.6 Å². The zero-order valence-corrected chi connectivity index (χ0v) is 9.00. The van der Waals surface area contributed by atoms with Gasteiger partial charge in [-0.15, -0.1) is 0 Å². The van der Waals surface area contributed by atoms with Crippen molar-refractivity contribution >= 4 is 5.69 Å². The minimum Gasteiger partial charge on any atom is -0.296 e. The van der Waals surface area contributed by atoms with Crippen molar-refractivity contribution in [3.05, 3.63) is 39.9 Å². The average Bonchev–Trinajstić information content (AvgIpc) is 2.96. The van der Waals surface area contributed by atoms with Crippen molar-refractivity contribution in [2.45, 2.75) is 25.4 Å². The standard InChI is InChI=1S/C12H14N2O2/c15-14(16)11-3-1-9(2-4-11)8-13-6-5-10-7-12(10)13/h1-4,10,12H,5-8H2. The van der Waals surface area contributed by atoms with E-state index < -0.39 is 0 Å². The molecular formula is C12H14N2O2. The third kappa shape index (κ3) is 1.69. The van der Waals surface area contributed by atoms with E-state index in [9.17, 15) is 10.1 Å². The third-order valence-corrected chi connectivity index (χ3v) is 3.67. The van der Waals surface area contributed by atoms with Crippen molar-refractivity contribution in [2.75, 3.05) is 6.54 Å². The van der Waals surface area contributed by atoms with Gasteiger partial charge in [-0.1, -0.05) is 12.1 Å². The summed E-state index contributed by atoms with van der Waals surface area (Å²) in [5, 5.41) is 10.5. The van der Waals surface area contributed by atoms with E-state index in [4.69, 9.17) is 0 Å². The highest BCUT2D eigenvalue weighted by Crippen LogP contribution is 2.44. The maximum atomic E-state index is 10.5. The third-order valence-electron chi connectivity index (χ3n) is 3.67. The number of rotatable bonds is 3. The molecule has 1 aliphatic heterocycles. The van der Waals surface area contributed by atoms with E-state index in [0.717, 1.165) is 18.5 Å². The summed E-state index contributed by atoms with van der Waals surface area (Å²) in [5.74, 6) is 0.943. The van der Waals surface area contributed by atoms with Crippen LogP contribution in [0.25, 0.3) is 0 Å². The van der Waals surface area contributed by atoms with Gasteiger partial charge >= 0.3 is 0 Å². The fourth-order valence-corrected chi connectivity index (χ4v) is 2.64. The van der Waals surface area contributed by atoms with E-state index in [1.807, 2.05) is 12.1 Å². The number of hydrogen-bond donors (Lipinski definition) is 0. The molecule has 2 aliphatic rings. The lowest BCUT2D eigenvalue weighted by molar-refractivity contribution is -0.384. The molecule has 0 N–H and O–H groups in total. The summed E-state index contributed by atoms with van der Waals surface area (Å²) in [7, 11) is 0. The highest BCUT2D eigenvalue weighted by atomic mass is 16.6.